The summed E-state index contributed by atoms with van der Waals surface area (Å²) in [6, 6.07) is 5.86. The quantitative estimate of drug-likeness (QED) is 0.498. The molecule has 9 nitrogen and oxygen atoms in total. The molecule has 5 rings (SSSR count). The van der Waals surface area contributed by atoms with Gasteiger partial charge >= 0.3 is 5.69 Å². The Labute approximate surface area is 179 Å². The first-order valence-corrected chi connectivity index (χ1v) is 9.78. The smallest absolute Gasteiger partial charge is 0.328 e. The van der Waals surface area contributed by atoms with E-state index in [1.165, 1.54) is 30.1 Å². The van der Waals surface area contributed by atoms with E-state index in [9.17, 15) is 9.18 Å². The number of methoxy groups -OCH3 is 1. The van der Waals surface area contributed by atoms with Crippen molar-refractivity contribution in [2.75, 3.05) is 19.0 Å². The molecule has 0 saturated heterocycles. The second-order valence-corrected chi connectivity index (χ2v) is 7.31. The van der Waals surface area contributed by atoms with Crippen molar-refractivity contribution >= 4 is 34.4 Å². The van der Waals surface area contributed by atoms with Crippen LogP contribution in [-0.4, -0.2) is 38.2 Å². The maximum absolute atomic E-state index is 14.2. The fourth-order valence-electron chi connectivity index (χ4n) is 3.70. The normalized spacial score (nSPS) is 15.4. The second-order valence-electron chi connectivity index (χ2n) is 6.88. The fourth-order valence-corrected chi connectivity index (χ4v) is 3.86. The zero-order valence-corrected chi connectivity index (χ0v) is 17.0. The Kier molecular flexibility index (Phi) is 4.70. The summed E-state index contributed by atoms with van der Waals surface area (Å²) in [4.78, 5) is 28.4. The van der Waals surface area contributed by atoms with Crippen LogP contribution in [0.5, 0.6) is 11.6 Å². The van der Waals surface area contributed by atoms with Crippen molar-refractivity contribution in [1.29, 1.82) is 0 Å². The summed E-state index contributed by atoms with van der Waals surface area (Å²) < 4.78 is 26.5. The van der Waals surface area contributed by atoms with Crippen LogP contribution in [0.4, 0.5) is 16.0 Å². The summed E-state index contributed by atoms with van der Waals surface area (Å²) >= 11 is 6.03. The molecule has 0 amide bonds. The molecule has 1 aliphatic rings. The van der Waals surface area contributed by atoms with Crippen LogP contribution in [0.1, 0.15) is 18.0 Å². The number of H-pyrrole nitrogens is 1. The molecule has 0 saturated carbocycles. The van der Waals surface area contributed by atoms with Gasteiger partial charge in [0.15, 0.2) is 17.2 Å². The number of para-hydroxylation sites is 1. The number of ether oxygens (including phenoxy) is 2. The predicted molar refractivity (Wildman–Crippen MR) is 112 cm³/mol. The maximum atomic E-state index is 14.2. The van der Waals surface area contributed by atoms with Crippen molar-refractivity contribution in [1.82, 2.24) is 24.5 Å². The molecule has 0 unspecified atom stereocenters. The van der Waals surface area contributed by atoms with Crippen molar-refractivity contribution in [3.63, 3.8) is 0 Å². The van der Waals surface area contributed by atoms with E-state index in [2.05, 4.69) is 25.3 Å². The van der Waals surface area contributed by atoms with E-state index in [0.29, 0.717) is 39.7 Å². The number of aromatic amines is 1. The molecule has 2 N–H and O–H groups in total. The zero-order chi connectivity index (χ0) is 21.5. The highest BCUT2D eigenvalue weighted by atomic mass is 35.5. The average Bonchev–Trinajstić information content (AvgIpc) is 3.09. The third-order valence-corrected chi connectivity index (χ3v) is 5.23. The number of nitrogens with zero attached hydrogens (tertiary/aromatic N) is 4. The van der Waals surface area contributed by atoms with E-state index < -0.39 is 11.9 Å². The molecule has 3 aromatic heterocycles. The Balaban J connectivity index is 1.61. The van der Waals surface area contributed by atoms with E-state index in [-0.39, 0.29) is 24.0 Å². The van der Waals surface area contributed by atoms with Crippen LogP contribution in [0.2, 0.25) is 5.02 Å². The van der Waals surface area contributed by atoms with Crippen LogP contribution >= 0.6 is 11.6 Å². The Bertz CT molecular complexity index is 1350. The Morgan fingerprint density at radius 3 is 3.06 bits per heavy atom. The number of benzene rings is 1. The summed E-state index contributed by atoms with van der Waals surface area (Å²) in [5.74, 6) is 0.220. The van der Waals surface area contributed by atoms with Gasteiger partial charge in [-0.15, -0.1) is 0 Å². The minimum absolute atomic E-state index is 0.155. The molecule has 0 aliphatic carbocycles. The van der Waals surface area contributed by atoms with Gasteiger partial charge in [0.1, 0.15) is 11.2 Å². The molecule has 1 atom stereocenters. The molecular formula is C20H16ClFN6O3. The van der Waals surface area contributed by atoms with E-state index in [1.807, 2.05) is 0 Å². The molecule has 0 radical (unpaired) electrons. The first-order chi connectivity index (χ1) is 15.0. The summed E-state index contributed by atoms with van der Waals surface area (Å²) in [5.41, 5.74) is 1.51. The molecule has 11 heteroatoms. The number of pyridine rings is 1. The predicted octanol–water partition coefficient (Wildman–Crippen LogP) is 3.43. The largest absolute Gasteiger partial charge is 0.490 e. The number of hydrogen-bond acceptors (Lipinski definition) is 7. The minimum Gasteiger partial charge on any atom is -0.490 e. The van der Waals surface area contributed by atoms with E-state index in [0.717, 1.165) is 0 Å². The van der Waals surface area contributed by atoms with Gasteiger partial charge in [-0.1, -0.05) is 23.7 Å². The molecule has 1 aromatic carbocycles. The van der Waals surface area contributed by atoms with Gasteiger partial charge < -0.3 is 19.8 Å². The molecule has 0 fully saturated rings. The number of aromatic nitrogens is 5. The SMILES string of the molecule is COc1ncc(Cl)cc1Nc1ncc2[nH]c(=O)n([C@@H]3CCOc4c(F)cccc43)c2n1. The van der Waals surface area contributed by atoms with Crippen LogP contribution in [0, 0.1) is 5.82 Å². The fraction of sp³-hybridized carbons (Fsp3) is 0.200. The molecular weight excluding hydrogens is 427 g/mol. The van der Waals surface area contributed by atoms with Gasteiger partial charge in [0.05, 0.1) is 31.0 Å². The van der Waals surface area contributed by atoms with Crippen molar-refractivity contribution in [3.8, 4) is 11.6 Å². The number of rotatable bonds is 4. The minimum atomic E-state index is -0.465. The highest BCUT2D eigenvalue weighted by Crippen LogP contribution is 2.37. The number of imidazole rings is 1. The monoisotopic (exact) mass is 442 g/mol. The van der Waals surface area contributed by atoms with Gasteiger partial charge in [0, 0.05) is 18.2 Å². The van der Waals surface area contributed by atoms with Gasteiger partial charge in [-0.2, -0.15) is 4.98 Å². The second kappa shape index (κ2) is 7.55. The summed E-state index contributed by atoms with van der Waals surface area (Å²) in [5, 5.41) is 3.42. The standard InChI is InChI=1S/C20H16ClFN6O3/c1-30-18-13(7-10(21)8-23-18)25-19-24-9-14-17(27-19)28(20(29)26-14)15-5-6-31-16-11(15)3-2-4-12(16)22/h2-4,7-9,15H,5-6H2,1H3,(H,26,29)(H,24,25,27)/t15-/m1/s1. The van der Waals surface area contributed by atoms with E-state index in [4.69, 9.17) is 21.1 Å². The first-order valence-electron chi connectivity index (χ1n) is 9.40. The third-order valence-electron chi connectivity index (χ3n) is 5.02. The summed E-state index contributed by atoms with van der Waals surface area (Å²) in [6.45, 7) is 0.277. The van der Waals surface area contributed by atoms with Crippen molar-refractivity contribution < 1.29 is 13.9 Å². The highest BCUT2D eigenvalue weighted by molar-refractivity contribution is 6.30. The van der Waals surface area contributed by atoms with Crippen LogP contribution < -0.4 is 20.5 Å². The van der Waals surface area contributed by atoms with Gasteiger partial charge in [-0.05, 0) is 12.1 Å². The number of nitrogens with one attached hydrogen (secondary N) is 2. The van der Waals surface area contributed by atoms with Gasteiger partial charge in [-0.25, -0.2) is 19.2 Å². The third kappa shape index (κ3) is 3.34. The van der Waals surface area contributed by atoms with Crippen LogP contribution in [0.25, 0.3) is 11.2 Å². The van der Waals surface area contributed by atoms with Gasteiger partial charge in [0.25, 0.3) is 0 Å². The lowest BCUT2D eigenvalue weighted by molar-refractivity contribution is 0.244. The first kappa shape index (κ1) is 19.3. The molecule has 0 bridgehead atoms. The number of anilines is 2. The Morgan fingerprint density at radius 2 is 2.23 bits per heavy atom. The average molecular weight is 443 g/mol. The van der Waals surface area contributed by atoms with Crippen LogP contribution in [-0.2, 0) is 0 Å². The molecule has 4 aromatic rings. The van der Waals surface area contributed by atoms with Crippen molar-refractivity contribution in [2.24, 2.45) is 0 Å². The van der Waals surface area contributed by atoms with Crippen molar-refractivity contribution in [3.05, 3.63) is 63.5 Å². The molecule has 31 heavy (non-hydrogen) atoms. The summed E-state index contributed by atoms with van der Waals surface area (Å²) in [6.07, 6.45) is 3.45. The lowest BCUT2D eigenvalue weighted by atomic mass is 10.00. The number of hydrogen-bond donors (Lipinski definition) is 2. The van der Waals surface area contributed by atoms with Crippen LogP contribution in [0.3, 0.4) is 0 Å². The van der Waals surface area contributed by atoms with E-state index >= 15 is 0 Å². The van der Waals surface area contributed by atoms with Gasteiger partial charge in [0.2, 0.25) is 11.8 Å². The molecule has 1 aliphatic heterocycles. The Morgan fingerprint density at radius 1 is 1.35 bits per heavy atom. The Hall–Kier alpha value is -3.66. The zero-order valence-electron chi connectivity index (χ0n) is 16.2. The van der Waals surface area contributed by atoms with Crippen LogP contribution in [0.15, 0.2) is 41.5 Å². The topological polar surface area (TPSA) is 107 Å². The summed E-state index contributed by atoms with van der Waals surface area (Å²) in [7, 11) is 1.48. The lowest BCUT2D eigenvalue weighted by Gasteiger charge is -2.26. The molecule has 0 spiro atoms. The molecule has 4 heterocycles. The number of halogens is 2. The van der Waals surface area contributed by atoms with E-state index in [1.54, 1.807) is 18.2 Å². The van der Waals surface area contributed by atoms with Gasteiger partial charge in [-0.3, -0.25) is 4.57 Å². The lowest BCUT2D eigenvalue weighted by Crippen LogP contribution is -2.28. The molecule has 158 valence electrons. The maximum Gasteiger partial charge on any atom is 0.328 e. The highest BCUT2D eigenvalue weighted by Gasteiger charge is 2.28. The number of fused-ring (bicyclic) bond motifs is 2. The van der Waals surface area contributed by atoms with Crippen molar-refractivity contribution in [2.45, 2.75) is 12.5 Å².